The van der Waals surface area contributed by atoms with E-state index >= 15 is 0 Å². The Balaban J connectivity index is 2.00. The van der Waals surface area contributed by atoms with E-state index in [0.29, 0.717) is 18.0 Å². The highest BCUT2D eigenvalue weighted by Gasteiger charge is 2.52. The Labute approximate surface area is 135 Å². The Bertz CT molecular complexity index is 752. The van der Waals surface area contributed by atoms with Crippen molar-refractivity contribution in [3.05, 3.63) is 23.6 Å². The second-order valence-corrected chi connectivity index (χ2v) is 6.74. The molecular weight excluding hydrogens is 293 g/mol. The van der Waals surface area contributed by atoms with Crippen LogP contribution in [0.25, 0.3) is 17.1 Å². The van der Waals surface area contributed by atoms with Crippen LogP contribution in [0.15, 0.2) is 18.0 Å². The summed E-state index contributed by atoms with van der Waals surface area (Å²) >= 11 is 0. The Morgan fingerprint density at radius 3 is 2.52 bits per heavy atom. The highest BCUT2D eigenvalue weighted by atomic mass is 16.7. The van der Waals surface area contributed by atoms with Crippen LogP contribution in [-0.4, -0.2) is 39.8 Å². The monoisotopic (exact) mass is 315 g/mol. The third-order valence-corrected chi connectivity index (χ3v) is 4.66. The largest absolute Gasteiger partial charge is 0.491 e. The van der Waals surface area contributed by atoms with Crippen molar-refractivity contribution in [3.8, 4) is 0 Å². The fraction of sp³-hybridized carbons (Fsp3) is 0.467. The highest BCUT2D eigenvalue weighted by molar-refractivity contribution is 6.56. The van der Waals surface area contributed by atoms with Gasteiger partial charge in [0.1, 0.15) is 17.8 Å². The zero-order chi connectivity index (χ0) is 16.8. The summed E-state index contributed by atoms with van der Waals surface area (Å²) in [7, 11) is -0.485. The maximum atomic E-state index is 6.06. The summed E-state index contributed by atoms with van der Waals surface area (Å²) in [4.78, 5) is 11.3. The van der Waals surface area contributed by atoms with E-state index in [1.165, 1.54) is 6.33 Å². The Kier molecular flexibility index (Phi) is 3.70. The molecule has 5 N–H and O–H groups in total. The van der Waals surface area contributed by atoms with Crippen LogP contribution in [0.2, 0.25) is 0 Å². The van der Waals surface area contributed by atoms with Crippen LogP contribution in [0, 0.1) is 0 Å². The van der Waals surface area contributed by atoms with Gasteiger partial charge in [0, 0.05) is 18.3 Å². The molecule has 0 aliphatic carbocycles. The number of rotatable bonds is 3. The number of anilines is 1. The van der Waals surface area contributed by atoms with E-state index in [2.05, 4.69) is 15.0 Å². The van der Waals surface area contributed by atoms with Crippen LogP contribution in [0.1, 0.15) is 33.3 Å². The smallest absolute Gasteiger partial charge is 0.400 e. The molecule has 23 heavy (non-hydrogen) atoms. The molecule has 0 unspecified atom stereocenters. The first-order chi connectivity index (χ1) is 10.7. The summed E-state index contributed by atoms with van der Waals surface area (Å²) in [5.41, 5.74) is 13.5. The van der Waals surface area contributed by atoms with Gasteiger partial charge < -0.3 is 25.8 Å². The van der Waals surface area contributed by atoms with Crippen molar-refractivity contribution in [2.75, 3.05) is 12.3 Å². The second kappa shape index (κ2) is 5.33. The van der Waals surface area contributed by atoms with Crippen LogP contribution < -0.4 is 11.5 Å². The molecule has 0 radical (unpaired) electrons. The van der Waals surface area contributed by atoms with Gasteiger partial charge in [-0.3, -0.25) is 0 Å². The summed E-state index contributed by atoms with van der Waals surface area (Å²) < 4.78 is 12.1. The molecule has 2 aromatic rings. The molecule has 1 aliphatic rings. The Hall–Kier alpha value is -1.90. The van der Waals surface area contributed by atoms with Gasteiger partial charge in [-0.2, -0.15) is 0 Å². The Morgan fingerprint density at radius 2 is 1.91 bits per heavy atom. The first kappa shape index (κ1) is 16.0. The number of H-pyrrole nitrogens is 1. The lowest BCUT2D eigenvalue weighted by Crippen LogP contribution is -2.41. The number of nitrogens with one attached hydrogen (secondary N) is 1. The molecule has 1 fully saturated rings. The molecule has 122 valence electrons. The molecule has 3 rings (SSSR count). The summed E-state index contributed by atoms with van der Waals surface area (Å²) in [6, 6.07) is 0. The number of aromatic nitrogens is 3. The number of nitrogen functional groups attached to an aromatic ring is 1. The lowest BCUT2D eigenvalue weighted by atomic mass is 9.77. The average Bonchev–Trinajstić information content (AvgIpc) is 2.96. The number of nitrogens with zero attached hydrogens (tertiary/aromatic N) is 2. The van der Waals surface area contributed by atoms with Gasteiger partial charge in [0.05, 0.1) is 16.6 Å². The predicted octanol–water partition coefficient (Wildman–Crippen LogP) is 1.51. The van der Waals surface area contributed by atoms with Crippen molar-refractivity contribution in [1.29, 1.82) is 0 Å². The standard InChI is InChI=1S/C15H22BN5O2/c1-14(2)15(3,4)23-16(22-14)10(6-17)5-9-7-19-13-11(9)12(18)20-8-21-13/h5,7-8H,6,17H2,1-4H3,(H3,18,19,20,21). The molecule has 0 spiro atoms. The lowest BCUT2D eigenvalue weighted by molar-refractivity contribution is 0.00578. The third-order valence-electron chi connectivity index (χ3n) is 4.66. The number of hydrogen-bond donors (Lipinski definition) is 3. The van der Waals surface area contributed by atoms with Crippen molar-refractivity contribution in [1.82, 2.24) is 15.0 Å². The van der Waals surface area contributed by atoms with E-state index in [0.717, 1.165) is 16.4 Å². The zero-order valence-electron chi connectivity index (χ0n) is 13.9. The summed E-state index contributed by atoms with van der Waals surface area (Å²) in [5.74, 6) is 0.424. The summed E-state index contributed by atoms with van der Waals surface area (Å²) in [5, 5.41) is 0.773. The first-order valence-corrected chi connectivity index (χ1v) is 7.59. The molecule has 1 aliphatic heterocycles. The van der Waals surface area contributed by atoms with Crippen LogP contribution in [0.3, 0.4) is 0 Å². The van der Waals surface area contributed by atoms with Crippen LogP contribution in [0.5, 0.6) is 0 Å². The maximum absolute atomic E-state index is 6.06. The topological polar surface area (TPSA) is 112 Å². The van der Waals surface area contributed by atoms with Gasteiger partial charge >= 0.3 is 7.12 Å². The molecular formula is C15H22BN5O2. The van der Waals surface area contributed by atoms with E-state index in [1.54, 1.807) is 0 Å². The quantitative estimate of drug-likeness (QED) is 0.740. The van der Waals surface area contributed by atoms with Crippen molar-refractivity contribution in [2.45, 2.75) is 38.9 Å². The summed E-state index contributed by atoms with van der Waals surface area (Å²) in [6.07, 6.45) is 5.19. The van der Waals surface area contributed by atoms with Crippen LogP contribution >= 0.6 is 0 Å². The SMILES string of the molecule is CC1(C)OB(C(=Cc2c[nH]c3ncnc(N)c23)CN)OC1(C)C. The van der Waals surface area contributed by atoms with Crippen molar-refractivity contribution in [3.63, 3.8) is 0 Å². The highest BCUT2D eigenvalue weighted by Crippen LogP contribution is 2.39. The molecule has 0 atom stereocenters. The van der Waals surface area contributed by atoms with Gasteiger partial charge in [-0.15, -0.1) is 0 Å². The van der Waals surface area contributed by atoms with Gasteiger partial charge in [-0.25, -0.2) is 9.97 Å². The zero-order valence-corrected chi connectivity index (χ0v) is 13.9. The van der Waals surface area contributed by atoms with E-state index in [-0.39, 0.29) is 0 Å². The third kappa shape index (κ3) is 2.63. The van der Waals surface area contributed by atoms with Crippen molar-refractivity contribution >= 4 is 30.0 Å². The molecule has 2 aromatic heterocycles. The number of hydrogen-bond acceptors (Lipinski definition) is 6. The van der Waals surface area contributed by atoms with Crippen molar-refractivity contribution < 1.29 is 9.31 Å². The van der Waals surface area contributed by atoms with Gasteiger partial charge in [-0.05, 0) is 33.2 Å². The molecule has 0 bridgehead atoms. The molecule has 1 saturated heterocycles. The fourth-order valence-electron chi connectivity index (χ4n) is 2.54. The predicted molar refractivity (Wildman–Crippen MR) is 91.4 cm³/mol. The summed E-state index contributed by atoms with van der Waals surface area (Å²) in [6.45, 7) is 8.37. The van der Waals surface area contributed by atoms with E-state index in [9.17, 15) is 0 Å². The van der Waals surface area contributed by atoms with Crippen molar-refractivity contribution in [2.24, 2.45) is 5.73 Å². The van der Waals surface area contributed by atoms with Crippen LogP contribution in [-0.2, 0) is 9.31 Å². The van der Waals surface area contributed by atoms with Gasteiger partial charge in [-0.1, -0.05) is 6.08 Å². The lowest BCUT2D eigenvalue weighted by Gasteiger charge is -2.32. The minimum Gasteiger partial charge on any atom is -0.400 e. The number of nitrogens with two attached hydrogens (primary N) is 2. The number of fused-ring (bicyclic) bond motifs is 1. The normalized spacial score (nSPS) is 20.4. The molecule has 8 heteroatoms. The average molecular weight is 315 g/mol. The van der Waals surface area contributed by atoms with E-state index in [4.69, 9.17) is 20.8 Å². The minimum absolute atomic E-state index is 0.317. The van der Waals surface area contributed by atoms with Gasteiger partial charge in [0.25, 0.3) is 0 Å². The van der Waals surface area contributed by atoms with Gasteiger partial charge in [0.2, 0.25) is 0 Å². The molecule has 0 aromatic carbocycles. The van der Waals surface area contributed by atoms with E-state index < -0.39 is 18.3 Å². The molecule has 7 nitrogen and oxygen atoms in total. The van der Waals surface area contributed by atoms with Crippen LogP contribution in [0.4, 0.5) is 5.82 Å². The minimum atomic E-state index is -0.485. The second-order valence-electron chi connectivity index (χ2n) is 6.74. The maximum Gasteiger partial charge on any atom is 0.491 e. The van der Waals surface area contributed by atoms with Gasteiger partial charge in [0.15, 0.2) is 0 Å². The Morgan fingerprint density at radius 1 is 1.26 bits per heavy atom. The fourth-order valence-corrected chi connectivity index (χ4v) is 2.54. The molecule has 0 amide bonds. The number of aromatic amines is 1. The molecule has 0 saturated carbocycles. The molecule has 3 heterocycles. The first-order valence-electron chi connectivity index (χ1n) is 7.59. The van der Waals surface area contributed by atoms with E-state index in [1.807, 2.05) is 40.0 Å².